The smallest absolute Gasteiger partial charge is 0.303 e. The maximum absolute atomic E-state index is 13.1. The van der Waals surface area contributed by atoms with Crippen molar-refractivity contribution in [2.45, 2.75) is 75.6 Å². The fraction of sp³-hybridized carbons (Fsp3) is 0.538. The van der Waals surface area contributed by atoms with Gasteiger partial charge in [-0.1, -0.05) is 19.3 Å². The van der Waals surface area contributed by atoms with Crippen LogP contribution in [0.25, 0.3) is 0 Å². The number of aliphatic carboxylic acids is 1. The van der Waals surface area contributed by atoms with Gasteiger partial charge in [0, 0.05) is 37.3 Å². The molecule has 2 aliphatic carbocycles. The standard InChI is InChI=1S/C26H35N5O5S/c1-18-14-21(37(35,36)29-13-5-8-25(32)33)11-12-22(18)30-26(34)23-15-24(28-17-27-23)31(16-19-9-10-19)20-6-3-2-4-7-20/h11-12,14-15,17,19-20,29H,2-10,13,16H2,1H3,(H,30,34)(H,32,33). The highest BCUT2D eigenvalue weighted by Gasteiger charge is 2.30. The normalized spacial score (nSPS) is 16.4. The van der Waals surface area contributed by atoms with E-state index in [0.29, 0.717) is 23.2 Å². The molecule has 0 unspecified atom stereocenters. The van der Waals surface area contributed by atoms with Crippen molar-refractivity contribution >= 4 is 33.4 Å². The fourth-order valence-corrected chi connectivity index (χ4v) is 5.85. The number of nitrogens with zero attached hydrogens (tertiary/aromatic N) is 3. The molecule has 0 aliphatic heterocycles. The summed E-state index contributed by atoms with van der Waals surface area (Å²) < 4.78 is 27.5. The zero-order valence-electron chi connectivity index (χ0n) is 21.1. The lowest BCUT2D eigenvalue weighted by atomic mass is 9.94. The van der Waals surface area contributed by atoms with E-state index in [1.165, 1.54) is 50.6 Å². The van der Waals surface area contributed by atoms with Gasteiger partial charge in [0.1, 0.15) is 17.8 Å². The van der Waals surface area contributed by atoms with Crippen LogP contribution in [0.4, 0.5) is 11.5 Å². The van der Waals surface area contributed by atoms with Gasteiger partial charge in [-0.2, -0.15) is 0 Å². The van der Waals surface area contributed by atoms with Crippen LogP contribution in [0.15, 0.2) is 35.5 Å². The van der Waals surface area contributed by atoms with Crippen LogP contribution < -0.4 is 14.9 Å². The molecule has 4 rings (SSSR count). The molecule has 3 N–H and O–H groups in total. The van der Waals surface area contributed by atoms with Gasteiger partial charge in [0.2, 0.25) is 10.0 Å². The molecular formula is C26H35N5O5S. The average molecular weight is 530 g/mol. The van der Waals surface area contributed by atoms with Crippen molar-refractivity contribution in [3.05, 3.63) is 41.9 Å². The van der Waals surface area contributed by atoms with Gasteiger partial charge in [-0.15, -0.1) is 0 Å². The third-order valence-corrected chi connectivity index (χ3v) is 8.42. The molecule has 0 radical (unpaired) electrons. The maximum Gasteiger partial charge on any atom is 0.303 e. The molecule has 0 spiro atoms. The second kappa shape index (κ2) is 12.0. The quantitative estimate of drug-likeness (QED) is 0.353. The summed E-state index contributed by atoms with van der Waals surface area (Å²) >= 11 is 0. The summed E-state index contributed by atoms with van der Waals surface area (Å²) in [5.74, 6) is 0.115. The second-order valence-corrected chi connectivity index (χ2v) is 11.7. The number of benzene rings is 1. The number of anilines is 2. The minimum Gasteiger partial charge on any atom is -0.481 e. The molecule has 0 saturated heterocycles. The Labute approximate surface area is 217 Å². The molecule has 1 heterocycles. The van der Waals surface area contributed by atoms with Crippen LogP contribution in [-0.2, 0) is 14.8 Å². The van der Waals surface area contributed by atoms with E-state index in [1.54, 1.807) is 19.1 Å². The molecular weight excluding hydrogens is 494 g/mol. The Morgan fingerprint density at radius 2 is 1.84 bits per heavy atom. The van der Waals surface area contributed by atoms with Gasteiger partial charge in [0.25, 0.3) is 5.91 Å². The number of carboxylic acids is 1. The highest BCUT2D eigenvalue weighted by atomic mass is 32.2. The largest absolute Gasteiger partial charge is 0.481 e. The number of carboxylic acid groups (broad SMARTS) is 1. The summed E-state index contributed by atoms with van der Waals surface area (Å²) in [5.41, 5.74) is 1.32. The summed E-state index contributed by atoms with van der Waals surface area (Å²) in [4.78, 5) is 34.8. The van der Waals surface area contributed by atoms with Crippen molar-refractivity contribution < 1.29 is 23.1 Å². The molecule has 1 aromatic heterocycles. The fourth-order valence-electron chi connectivity index (χ4n) is 4.69. The van der Waals surface area contributed by atoms with Crippen molar-refractivity contribution in [2.24, 2.45) is 5.92 Å². The first-order chi connectivity index (χ1) is 17.7. The number of hydrogen-bond donors (Lipinski definition) is 3. The van der Waals surface area contributed by atoms with Gasteiger partial charge in [0.15, 0.2) is 0 Å². The van der Waals surface area contributed by atoms with Gasteiger partial charge in [-0.25, -0.2) is 23.1 Å². The predicted octanol–water partition coefficient (Wildman–Crippen LogP) is 3.73. The molecule has 2 saturated carbocycles. The van der Waals surface area contributed by atoms with E-state index in [2.05, 4.69) is 24.9 Å². The van der Waals surface area contributed by atoms with Crippen LogP contribution in [0.1, 0.15) is 73.8 Å². The van der Waals surface area contributed by atoms with Crippen molar-refractivity contribution in [1.82, 2.24) is 14.7 Å². The molecule has 0 bridgehead atoms. The van der Waals surface area contributed by atoms with Gasteiger partial charge >= 0.3 is 5.97 Å². The van der Waals surface area contributed by atoms with Gasteiger partial charge < -0.3 is 15.3 Å². The highest BCUT2D eigenvalue weighted by molar-refractivity contribution is 7.89. The topological polar surface area (TPSA) is 142 Å². The van der Waals surface area contributed by atoms with E-state index >= 15 is 0 Å². The number of sulfonamides is 1. The highest BCUT2D eigenvalue weighted by Crippen LogP contribution is 2.34. The van der Waals surface area contributed by atoms with Crippen LogP contribution in [0, 0.1) is 12.8 Å². The third kappa shape index (κ3) is 7.48. The number of nitrogens with one attached hydrogen (secondary N) is 2. The minimum atomic E-state index is -3.79. The van der Waals surface area contributed by atoms with Crippen LogP contribution >= 0.6 is 0 Å². The molecule has 1 amide bonds. The Bertz CT molecular complexity index is 1230. The van der Waals surface area contributed by atoms with Crippen LogP contribution in [-0.4, -0.2) is 54.5 Å². The lowest BCUT2D eigenvalue weighted by Crippen LogP contribution is -2.39. The zero-order chi connectivity index (χ0) is 26.4. The van der Waals surface area contributed by atoms with Crippen LogP contribution in [0.2, 0.25) is 0 Å². The van der Waals surface area contributed by atoms with E-state index < -0.39 is 16.0 Å². The number of hydrogen-bond acceptors (Lipinski definition) is 7. The van der Waals surface area contributed by atoms with Crippen molar-refractivity contribution in [3.8, 4) is 0 Å². The minimum absolute atomic E-state index is 0.0286. The molecule has 11 heteroatoms. The maximum atomic E-state index is 13.1. The number of aryl methyl sites for hydroxylation is 1. The zero-order valence-corrected chi connectivity index (χ0v) is 22.0. The van der Waals surface area contributed by atoms with Crippen LogP contribution in [0.5, 0.6) is 0 Å². The monoisotopic (exact) mass is 529 g/mol. The molecule has 10 nitrogen and oxygen atoms in total. The lowest BCUT2D eigenvalue weighted by Gasteiger charge is -2.35. The lowest BCUT2D eigenvalue weighted by molar-refractivity contribution is -0.137. The van der Waals surface area contributed by atoms with Crippen LogP contribution in [0.3, 0.4) is 0 Å². The molecule has 2 fully saturated rings. The average Bonchev–Trinajstić information content (AvgIpc) is 3.71. The van der Waals surface area contributed by atoms with E-state index in [-0.39, 0.29) is 35.9 Å². The van der Waals surface area contributed by atoms with Crippen molar-refractivity contribution in [1.29, 1.82) is 0 Å². The SMILES string of the molecule is Cc1cc(S(=O)(=O)NCCCC(=O)O)ccc1NC(=O)c1cc(N(CC2CC2)C2CCCCC2)ncn1. The summed E-state index contributed by atoms with van der Waals surface area (Å²) in [5, 5.41) is 11.5. The number of amides is 1. The second-order valence-electron chi connectivity index (χ2n) is 9.97. The van der Waals surface area contributed by atoms with Gasteiger partial charge in [-0.05, 0) is 68.7 Å². The molecule has 0 atom stereocenters. The number of aromatic nitrogens is 2. The first-order valence-corrected chi connectivity index (χ1v) is 14.4. The molecule has 200 valence electrons. The Kier molecular flexibility index (Phi) is 8.75. The number of carbonyl (C=O) groups is 2. The molecule has 2 aliphatic rings. The molecule has 37 heavy (non-hydrogen) atoms. The Hall–Kier alpha value is -3.05. The Balaban J connectivity index is 1.44. The number of carbonyl (C=O) groups excluding carboxylic acids is 1. The third-order valence-electron chi connectivity index (χ3n) is 6.96. The Morgan fingerprint density at radius 1 is 1.08 bits per heavy atom. The van der Waals surface area contributed by atoms with E-state index in [9.17, 15) is 18.0 Å². The van der Waals surface area contributed by atoms with E-state index in [1.807, 2.05) is 0 Å². The van der Waals surface area contributed by atoms with Gasteiger partial charge in [-0.3, -0.25) is 9.59 Å². The van der Waals surface area contributed by atoms with Gasteiger partial charge in [0.05, 0.1) is 4.90 Å². The van der Waals surface area contributed by atoms with E-state index in [0.717, 1.165) is 25.2 Å². The predicted molar refractivity (Wildman–Crippen MR) is 140 cm³/mol. The van der Waals surface area contributed by atoms with Crippen molar-refractivity contribution in [2.75, 3.05) is 23.3 Å². The summed E-state index contributed by atoms with van der Waals surface area (Å²) in [7, 11) is -3.79. The summed E-state index contributed by atoms with van der Waals surface area (Å²) in [6.07, 6.45) is 9.98. The molecule has 1 aromatic carbocycles. The number of rotatable bonds is 12. The van der Waals surface area contributed by atoms with E-state index in [4.69, 9.17) is 5.11 Å². The summed E-state index contributed by atoms with van der Waals surface area (Å²) in [6, 6.07) is 6.62. The first kappa shape index (κ1) is 27.0. The first-order valence-electron chi connectivity index (χ1n) is 12.9. The van der Waals surface area contributed by atoms with Crippen molar-refractivity contribution in [3.63, 3.8) is 0 Å². The summed E-state index contributed by atoms with van der Waals surface area (Å²) in [6.45, 7) is 2.70. The molecule has 2 aromatic rings. The Morgan fingerprint density at radius 3 is 2.51 bits per heavy atom.